The van der Waals surface area contributed by atoms with E-state index in [2.05, 4.69) is 5.32 Å². The van der Waals surface area contributed by atoms with Crippen LogP contribution in [0.3, 0.4) is 0 Å². The van der Waals surface area contributed by atoms with Gasteiger partial charge in [-0.2, -0.15) is 0 Å². The molecular weight excluding hydrogens is 365 g/mol. The fourth-order valence-corrected chi connectivity index (χ4v) is 2.60. The molecule has 28 heavy (non-hydrogen) atoms. The number of benzene rings is 2. The SMILES string of the molecule is Cc1ccc(NC(=O)O[C@H](c2ccc(O)c(F)c2)C(C)(C)/C=C/C(=O)O)cc1. The summed E-state index contributed by atoms with van der Waals surface area (Å²) in [5.41, 5.74) is 0.836. The second-order valence-electron chi connectivity index (χ2n) is 6.98. The minimum atomic E-state index is -1.16. The van der Waals surface area contributed by atoms with Crippen molar-refractivity contribution in [2.24, 2.45) is 5.41 Å². The highest BCUT2D eigenvalue weighted by Gasteiger charge is 2.33. The largest absolute Gasteiger partial charge is 0.505 e. The van der Waals surface area contributed by atoms with Crippen molar-refractivity contribution in [2.45, 2.75) is 26.9 Å². The van der Waals surface area contributed by atoms with Crippen molar-refractivity contribution in [1.29, 1.82) is 0 Å². The van der Waals surface area contributed by atoms with E-state index in [0.29, 0.717) is 5.69 Å². The minimum Gasteiger partial charge on any atom is -0.505 e. The molecule has 2 rings (SSSR count). The maximum Gasteiger partial charge on any atom is 0.412 e. The molecule has 0 saturated carbocycles. The summed E-state index contributed by atoms with van der Waals surface area (Å²) in [5.74, 6) is -2.57. The van der Waals surface area contributed by atoms with Crippen LogP contribution in [-0.4, -0.2) is 22.3 Å². The number of aliphatic carboxylic acids is 1. The van der Waals surface area contributed by atoms with Gasteiger partial charge in [0.05, 0.1) is 0 Å². The number of ether oxygens (including phenoxy) is 1. The lowest BCUT2D eigenvalue weighted by Gasteiger charge is -2.31. The van der Waals surface area contributed by atoms with Crippen LogP contribution in [0.25, 0.3) is 0 Å². The molecule has 0 aliphatic carbocycles. The topological polar surface area (TPSA) is 95.9 Å². The van der Waals surface area contributed by atoms with Gasteiger partial charge in [0.25, 0.3) is 0 Å². The van der Waals surface area contributed by atoms with E-state index in [1.165, 1.54) is 12.1 Å². The predicted molar refractivity (Wildman–Crippen MR) is 103 cm³/mol. The summed E-state index contributed by atoms with van der Waals surface area (Å²) in [6.45, 7) is 5.22. The van der Waals surface area contributed by atoms with Crippen LogP contribution in [0, 0.1) is 18.2 Å². The highest BCUT2D eigenvalue weighted by molar-refractivity contribution is 5.85. The Balaban J connectivity index is 2.31. The molecule has 2 aromatic carbocycles. The normalized spacial score (nSPS) is 12.6. The van der Waals surface area contributed by atoms with Gasteiger partial charge in [-0.3, -0.25) is 5.32 Å². The quantitative estimate of drug-likeness (QED) is 0.619. The molecule has 0 radical (unpaired) electrons. The average molecular weight is 387 g/mol. The van der Waals surface area contributed by atoms with Crippen molar-refractivity contribution in [2.75, 3.05) is 5.32 Å². The predicted octanol–water partition coefficient (Wildman–Crippen LogP) is 4.80. The van der Waals surface area contributed by atoms with E-state index in [1.54, 1.807) is 26.0 Å². The molecule has 0 fully saturated rings. The van der Waals surface area contributed by atoms with Gasteiger partial charge in [0, 0.05) is 17.2 Å². The van der Waals surface area contributed by atoms with Gasteiger partial charge in [-0.05, 0) is 36.8 Å². The van der Waals surface area contributed by atoms with E-state index < -0.39 is 35.1 Å². The smallest absolute Gasteiger partial charge is 0.412 e. The standard InChI is InChI=1S/C21H22FNO5/c1-13-4-7-15(8-5-13)23-20(27)28-19(21(2,3)11-10-18(25)26)14-6-9-17(24)16(22)12-14/h4-12,19,24H,1-3H3,(H,23,27)(H,25,26)/b11-10+/t19-/m1/s1. The number of halogens is 1. The first-order chi connectivity index (χ1) is 13.1. The van der Waals surface area contributed by atoms with Crippen molar-refractivity contribution in [3.8, 4) is 5.75 Å². The number of carboxylic acids is 1. The third-order valence-electron chi connectivity index (χ3n) is 4.13. The monoisotopic (exact) mass is 387 g/mol. The number of hydrogen-bond donors (Lipinski definition) is 3. The van der Waals surface area contributed by atoms with Gasteiger partial charge >= 0.3 is 12.1 Å². The number of carboxylic acid groups (broad SMARTS) is 1. The molecule has 1 atom stereocenters. The fourth-order valence-electron chi connectivity index (χ4n) is 2.60. The number of anilines is 1. The number of rotatable bonds is 6. The lowest BCUT2D eigenvalue weighted by molar-refractivity contribution is -0.131. The number of aryl methyl sites for hydroxylation is 1. The zero-order valence-corrected chi connectivity index (χ0v) is 15.8. The molecule has 0 aromatic heterocycles. The maximum absolute atomic E-state index is 13.8. The molecule has 0 heterocycles. The molecule has 0 bridgehead atoms. The number of phenols is 1. The molecule has 0 saturated heterocycles. The molecule has 3 N–H and O–H groups in total. The summed E-state index contributed by atoms with van der Waals surface area (Å²) >= 11 is 0. The van der Waals surface area contributed by atoms with E-state index in [-0.39, 0.29) is 5.56 Å². The van der Waals surface area contributed by atoms with Gasteiger partial charge in [-0.15, -0.1) is 0 Å². The third kappa shape index (κ3) is 5.57. The molecule has 7 heteroatoms. The lowest BCUT2D eigenvalue weighted by atomic mass is 9.82. The van der Waals surface area contributed by atoms with Crippen LogP contribution >= 0.6 is 0 Å². The van der Waals surface area contributed by atoms with E-state index in [1.807, 2.05) is 19.1 Å². The highest BCUT2D eigenvalue weighted by atomic mass is 19.1. The number of phenolic OH excluding ortho intramolecular Hbond substituents is 1. The number of carbonyl (C=O) groups is 2. The van der Waals surface area contributed by atoms with Gasteiger partial charge in [0.1, 0.15) is 6.10 Å². The van der Waals surface area contributed by atoms with E-state index in [0.717, 1.165) is 23.8 Å². The summed E-state index contributed by atoms with van der Waals surface area (Å²) in [5, 5.41) is 20.9. The summed E-state index contributed by atoms with van der Waals surface area (Å²) in [7, 11) is 0. The molecule has 148 valence electrons. The van der Waals surface area contributed by atoms with Gasteiger partial charge in [0.2, 0.25) is 0 Å². The Morgan fingerprint density at radius 3 is 2.39 bits per heavy atom. The van der Waals surface area contributed by atoms with Gasteiger partial charge in [-0.25, -0.2) is 14.0 Å². The van der Waals surface area contributed by atoms with Crippen LogP contribution in [0.15, 0.2) is 54.6 Å². The number of aromatic hydroxyl groups is 1. The lowest BCUT2D eigenvalue weighted by Crippen LogP contribution is -2.28. The molecule has 2 aromatic rings. The fraction of sp³-hybridized carbons (Fsp3) is 0.238. The molecular formula is C21H22FNO5. The van der Waals surface area contributed by atoms with Crippen molar-refractivity contribution < 1.29 is 28.9 Å². The van der Waals surface area contributed by atoms with E-state index in [9.17, 15) is 19.1 Å². The summed E-state index contributed by atoms with van der Waals surface area (Å²) in [4.78, 5) is 23.3. The van der Waals surface area contributed by atoms with Crippen LogP contribution < -0.4 is 5.32 Å². The number of nitrogens with one attached hydrogen (secondary N) is 1. The van der Waals surface area contributed by atoms with E-state index >= 15 is 0 Å². The van der Waals surface area contributed by atoms with Crippen LogP contribution in [0.4, 0.5) is 14.9 Å². The molecule has 0 unspecified atom stereocenters. The Morgan fingerprint density at radius 2 is 1.82 bits per heavy atom. The Bertz CT molecular complexity index is 890. The average Bonchev–Trinajstić information content (AvgIpc) is 2.62. The van der Waals surface area contributed by atoms with Crippen LogP contribution in [0.5, 0.6) is 5.75 Å². The van der Waals surface area contributed by atoms with Crippen LogP contribution in [0.1, 0.15) is 31.1 Å². The van der Waals surface area contributed by atoms with Gasteiger partial charge in [0.15, 0.2) is 11.6 Å². The minimum absolute atomic E-state index is 0.273. The first-order valence-electron chi connectivity index (χ1n) is 8.53. The zero-order chi connectivity index (χ0) is 20.9. The van der Waals surface area contributed by atoms with Crippen LogP contribution in [0.2, 0.25) is 0 Å². The summed E-state index contributed by atoms with van der Waals surface area (Å²) in [6, 6.07) is 10.7. The second kappa shape index (κ2) is 8.56. The second-order valence-corrected chi connectivity index (χ2v) is 6.98. The number of amides is 1. The highest BCUT2D eigenvalue weighted by Crippen LogP contribution is 2.39. The summed E-state index contributed by atoms with van der Waals surface area (Å²) < 4.78 is 19.4. The molecule has 0 spiro atoms. The van der Waals surface area contributed by atoms with Crippen molar-refractivity contribution in [3.05, 3.63) is 71.6 Å². The van der Waals surface area contributed by atoms with E-state index in [4.69, 9.17) is 9.84 Å². The maximum atomic E-state index is 13.8. The Morgan fingerprint density at radius 1 is 1.18 bits per heavy atom. The molecule has 0 aliphatic heterocycles. The van der Waals surface area contributed by atoms with Crippen molar-refractivity contribution in [3.63, 3.8) is 0 Å². The first kappa shape index (κ1) is 21.0. The molecule has 0 aliphatic rings. The summed E-state index contributed by atoms with van der Waals surface area (Å²) in [6.07, 6.45) is 0.511. The number of hydrogen-bond acceptors (Lipinski definition) is 4. The zero-order valence-electron chi connectivity index (χ0n) is 15.8. The third-order valence-corrected chi connectivity index (χ3v) is 4.13. The Labute approximate surface area is 162 Å². The Hall–Kier alpha value is -3.35. The van der Waals surface area contributed by atoms with Crippen molar-refractivity contribution >= 4 is 17.7 Å². The van der Waals surface area contributed by atoms with Crippen LogP contribution in [-0.2, 0) is 9.53 Å². The number of carbonyl (C=O) groups excluding carboxylic acids is 1. The molecule has 1 amide bonds. The van der Waals surface area contributed by atoms with Gasteiger partial charge < -0.3 is 14.9 Å². The Kier molecular flexibility index (Phi) is 6.41. The first-order valence-corrected chi connectivity index (χ1v) is 8.53. The van der Waals surface area contributed by atoms with Crippen molar-refractivity contribution in [1.82, 2.24) is 0 Å². The van der Waals surface area contributed by atoms with Gasteiger partial charge in [-0.1, -0.05) is 43.7 Å². The molecule has 6 nitrogen and oxygen atoms in total.